The van der Waals surface area contributed by atoms with E-state index in [1.807, 2.05) is 6.07 Å². The molecule has 0 aliphatic heterocycles. The van der Waals surface area contributed by atoms with Gasteiger partial charge in [-0.2, -0.15) is 0 Å². The maximum atomic E-state index is 13.3. The number of hydrogen-bond acceptors (Lipinski definition) is 1. The van der Waals surface area contributed by atoms with E-state index in [4.69, 9.17) is 0 Å². The van der Waals surface area contributed by atoms with E-state index in [1.54, 1.807) is 12.1 Å². The van der Waals surface area contributed by atoms with Gasteiger partial charge in [0.2, 0.25) is 0 Å². The fraction of sp³-hybridized carbons (Fsp3) is 0.600. The minimum absolute atomic E-state index is 0.125. The molecule has 1 aromatic rings. The van der Waals surface area contributed by atoms with Gasteiger partial charge in [-0.3, -0.25) is 0 Å². The fourth-order valence-corrected chi connectivity index (χ4v) is 2.41. The van der Waals surface area contributed by atoms with Crippen LogP contribution in [0.4, 0.5) is 4.39 Å². The van der Waals surface area contributed by atoms with Crippen LogP contribution in [-0.4, -0.2) is 6.54 Å². The molecule has 0 amide bonds. The Hall–Kier alpha value is -0.890. The molecule has 1 aliphatic carbocycles. The molecule has 1 fully saturated rings. The van der Waals surface area contributed by atoms with Gasteiger partial charge < -0.3 is 5.32 Å². The highest BCUT2D eigenvalue weighted by Gasteiger charge is 2.23. The lowest BCUT2D eigenvalue weighted by Gasteiger charge is -2.20. The van der Waals surface area contributed by atoms with E-state index in [0.717, 1.165) is 24.4 Å². The number of halogens is 1. The Kier molecular flexibility index (Phi) is 4.16. The van der Waals surface area contributed by atoms with Crippen molar-refractivity contribution in [3.63, 3.8) is 0 Å². The number of hydrogen-bond donors (Lipinski definition) is 1. The molecule has 17 heavy (non-hydrogen) atoms. The molecule has 1 nitrogen and oxygen atoms in total. The molecule has 0 bridgehead atoms. The van der Waals surface area contributed by atoms with E-state index in [0.29, 0.717) is 6.04 Å². The molecule has 2 heteroatoms. The molecule has 1 aliphatic rings. The van der Waals surface area contributed by atoms with Gasteiger partial charge in [0, 0.05) is 6.04 Å². The van der Waals surface area contributed by atoms with Gasteiger partial charge in [-0.15, -0.1) is 0 Å². The van der Waals surface area contributed by atoms with Crippen molar-refractivity contribution in [1.82, 2.24) is 5.32 Å². The fourth-order valence-electron chi connectivity index (χ4n) is 2.41. The van der Waals surface area contributed by atoms with Crippen LogP contribution in [0.3, 0.4) is 0 Å². The van der Waals surface area contributed by atoms with Crippen LogP contribution in [0.5, 0.6) is 0 Å². The van der Waals surface area contributed by atoms with Crippen molar-refractivity contribution in [1.29, 1.82) is 0 Å². The summed E-state index contributed by atoms with van der Waals surface area (Å²) < 4.78 is 13.3. The molecule has 0 saturated heterocycles. The average molecular weight is 235 g/mol. The largest absolute Gasteiger partial charge is 0.310 e. The van der Waals surface area contributed by atoms with Crippen molar-refractivity contribution >= 4 is 0 Å². The molecular weight excluding hydrogens is 213 g/mol. The second kappa shape index (κ2) is 5.63. The zero-order chi connectivity index (χ0) is 12.3. The lowest BCUT2D eigenvalue weighted by molar-refractivity contribution is 0.477. The third-order valence-corrected chi connectivity index (χ3v) is 3.63. The first-order chi connectivity index (χ1) is 8.20. The van der Waals surface area contributed by atoms with Gasteiger partial charge >= 0.3 is 0 Å². The van der Waals surface area contributed by atoms with Gasteiger partial charge in [-0.05, 0) is 55.5 Å². The molecule has 2 rings (SSSR count). The Bertz CT molecular complexity index is 371. The lowest BCUT2D eigenvalue weighted by atomic mass is 9.96. The number of aryl methyl sites for hydroxylation is 1. The van der Waals surface area contributed by atoms with Crippen molar-refractivity contribution < 1.29 is 4.39 Å². The van der Waals surface area contributed by atoms with Crippen LogP contribution in [0, 0.1) is 18.7 Å². The second-order valence-electron chi connectivity index (χ2n) is 5.13. The smallest absolute Gasteiger partial charge is 0.123 e. The Morgan fingerprint density at radius 1 is 1.41 bits per heavy atom. The maximum absolute atomic E-state index is 13.3. The molecule has 94 valence electrons. The number of rotatable bonds is 6. The summed E-state index contributed by atoms with van der Waals surface area (Å²) in [5.41, 5.74) is 2.32. The van der Waals surface area contributed by atoms with E-state index in [9.17, 15) is 4.39 Å². The van der Waals surface area contributed by atoms with Crippen molar-refractivity contribution in [3.8, 4) is 0 Å². The summed E-state index contributed by atoms with van der Waals surface area (Å²) in [4.78, 5) is 0. The molecule has 0 aromatic heterocycles. The minimum Gasteiger partial charge on any atom is -0.310 e. The van der Waals surface area contributed by atoms with Crippen LogP contribution in [0.15, 0.2) is 18.2 Å². The van der Waals surface area contributed by atoms with Gasteiger partial charge in [0.05, 0.1) is 0 Å². The molecule has 1 N–H and O–H groups in total. The van der Waals surface area contributed by atoms with Crippen LogP contribution in [0.1, 0.15) is 49.8 Å². The molecule has 1 unspecified atom stereocenters. The predicted octanol–water partition coefficient (Wildman–Crippen LogP) is 3.97. The Balaban J connectivity index is 2.08. The summed E-state index contributed by atoms with van der Waals surface area (Å²) in [5.74, 6) is 0.810. The Labute approximate surface area is 103 Å². The first-order valence-electron chi connectivity index (χ1n) is 6.70. The number of benzene rings is 1. The second-order valence-corrected chi connectivity index (χ2v) is 5.13. The number of nitrogens with one attached hydrogen (secondary N) is 1. The molecule has 1 aromatic carbocycles. The molecule has 0 heterocycles. The average Bonchev–Trinajstić information content (AvgIpc) is 3.12. The molecule has 1 atom stereocenters. The standard InChI is InChI=1S/C15H22FN/c1-3-17-15(9-7-12-5-6-12)14-10-13(16)8-4-11(14)2/h4,8,10,12,15,17H,3,5-7,9H2,1-2H3. The highest BCUT2D eigenvalue weighted by molar-refractivity contribution is 5.29. The van der Waals surface area contributed by atoms with Crippen LogP contribution >= 0.6 is 0 Å². The third-order valence-electron chi connectivity index (χ3n) is 3.63. The highest BCUT2D eigenvalue weighted by atomic mass is 19.1. The molecule has 0 spiro atoms. The van der Waals surface area contributed by atoms with Gasteiger partial charge in [0.25, 0.3) is 0 Å². The van der Waals surface area contributed by atoms with Crippen LogP contribution < -0.4 is 5.32 Å². The third kappa shape index (κ3) is 3.53. The molecule has 1 saturated carbocycles. The summed E-state index contributed by atoms with van der Waals surface area (Å²) >= 11 is 0. The first-order valence-corrected chi connectivity index (χ1v) is 6.70. The van der Waals surface area contributed by atoms with Crippen LogP contribution in [0.2, 0.25) is 0 Å². The summed E-state index contributed by atoms with van der Waals surface area (Å²) in [6.07, 6.45) is 5.18. The molecular formula is C15H22FN. The van der Waals surface area contributed by atoms with E-state index < -0.39 is 0 Å². The summed E-state index contributed by atoms with van der Waals surface area (Å²) in [5, 5.41) is 3.48. The van der Waals surface area contributed by atoms with Crippen molar-refractivity contribution in [2.75, 3.05) is 6.54 Å². The van der Waals surface area contributed by atoms with Crippen LogP contribution in [0.25, 0.3) is 0 Å². The predicted molar refractivity (Wildman–Crippen MR) is 69.5 cm³/mol. The van der Waals surface area contributed by atoms with Gasteiger partial charge in [-0.25, -0.2) is 4.39 Å². The topological polar surface area (TPSA) is 12.0 Å². The van der Waals surface area contributed by atoms with Crippen molar-refractivity contribution in [3.05, 3.63) is 35.1 Å². The van der Waals surface area contributed by atoms with Crippen molar-refractivity contribution in [2.45, 2.75) is 45.6 Å². The normalized spacial score (nSPS) is 17.1. The zero-order valence-corrected chi connectivity index (χ0v) is 10.8. The Morgan fingerprint density at radius 3 is 2.82 bits per heavy atom. The monoisotopic (exact) mass is 235 g/mol. The van der Waals surface area contributed by atoms with E-state index >= 15 is 0 Å². The quantitative estimate of drug-likeness (QED) is 0.786. The van der Waals surface area contributed by atoms with Crippen LogP contribution in [-0.2, 0) is 0 Å². The summed E-state index contributed by atoms with van der Waals surface area (Å²) in [6, 6.07) is 5.43. The minimum atomic E-state index is -0.125. The Morgan fingerprint density at radius 2 is 2.18 bits per heavy atom. The SMILES string of the molecule is CCNC(CCC1CC1)c1cc(F)ccc1C. The van der Waals surface area contributed by atoms with E-state index in [1.165, 1.54) is 24.8 Å². The van der Waals surface area contributed by atoms with E-state index in [-0.39, 0.29) is 5.82 Å². The zero-order valence-electron chi connectivity index (χ0n) is 10.8. The van der Waals surface area contributed by atoms with Gasteiger partial charge in [-0.1, -0.05) is 25.8 Å². The highest BCUT2D eigenvalue weighted by Crippen LogP contribution is 2.36. The molecule has 0 radical (unpaired) electrons. The van der Waals surface area contributed by atoms with E-state index in [2.05, 4.69) is 19.2 Å². The summed E-state index contributed by atoms with van der Waals surface area (Å²) in [6.45, 7) is 5.11. The maximum Gasteiger partial charge on any atom is 0.123 e. The first kappa shape index (κ1) is 12.6. The van der Waals surface area contributed by atoms with Gasteiger partial charge in [0.15, 0.2) is 0 Å². The summed E-state index contributed by atoms with van der Waals surface area (Å²) in [7, 11) is 0. The van der Waals surface area contributed by atoms with Crippen molar-refractivity contribution in [2.24, 2.45) is 5.92 Å². The lowest BCUT2D eigenvalue weighted by Crippen LogP contribution is -2.22. The van der Waals surface area contributed by atoms with Gasteiger partial charge in [0.1, 0.15) is 5.82 Å².